The Kier molecular flexibility index (Phi) is 3.80. The van der Waals surface area contributed by atoms with Gasteiger partial charge in [-0.1, -0.05) is 29.8 Å². The molecule has 0 unspecified atom stereocenters. The first-order valence-electron chi connectivity index (χ1n) is 5.53. The largest absolute Gasteiger partial charge is 0.399 e. The molecule has 2 aromatic carbocycles. The Bertz CT molecular complexity index is 697. The molecule has 2 rings (SSSR count). The molecule has 2 aromatic rings. The fourth-order valence-corrected chi connectivity index (χ4v) is 2.73. The van der Waals surface area contributed by atoms with Gasteiger partial charge in [0.2, 0.25) is 10.0 Å². The van der Waals surface area contributed by atoms with E-state index >= 15 is 0 Å². The Morgan fingerprint density at radius 1 is 1.11 bits per heavy atom. The maximum Gasteiger partial charge on any atom is 0.240 e. The smallest absolute Gasteiger partial charge is 0.240 e. The molecule has 0 fully saturated rings. The van der Waals surface area contributed by atoms with Crippen molar-refractivity contribution >= 4 is 27.3 Å². The number of rotatable bonds is 3. The number of nitrogen functional groups attached to an aromatic ring is 1. The van der Waals surface area contributed by atoms with Crippen LogP contribution in [0.4, 0.5) is 5.69 Å². The third-order valence-corrected chi connectivity index (χ3v) is 4.48. The Labute approximate surface area is 117 Å². The molecule has 0 bridgehead atoms. The van der Waals surface area contributed by atoms with Crippen molar-refractivity contribution in [2.24, 2.45) is 0 Å². The zero-order valence-corrected chi connectivity index (χ0v) is 11.8. The van der Waals surface area contributed by atoms with Gasteiger partial charge in [-0.25, -0.2) is 13.1 Å². The van der Waals surface area contributed by atoms with E-state index in [1.807, 2.05) is 0 Å². The number of sulfonamides is 1. The Morgan fingerprint density at radius 2 is 1.74 bits per heavy atom. The van der Waals surface area contributed by atoms with Gasteiger partial charge in [-0.15, -0.1) is 0 Å². The topological polar surface area (TPSA) is 72.2 Å². The number of nitrogens with one attached hydrogen (secondary N) is 1. The standard InChI is InChI=1S/C13H13ClN2O2S/c1-16-19(17,18)11-5-2-9(3-6-11)12-7-4-10(15)8-13(12)14/h2-8,16H,15H2,1H3. The number of anilines is 1. The summed E-state index contributed by atoms with van der Waals surface area (Å²) in [5, 5.41) is 0.532. The summed E-state index contributed by atoms with van der Waals surface area (Å²) < 4.78 is 25.5. The number of hydrogen-bond donors (Lipinski definition) is 2. The molecule has 0 saturated carbocycles. The Hall–Kier alpha value is -1.56. The maximum atomic E-state index is 11.6. The normalized spacial score (nSPS) is 11.5. The minimum atomic E-state index is -3.42. The molecule has 0 aliphatic rings. The van der Waals surface area contributed by atoms with Crippen LogP contribution >= 0.6 is 11.6 Å². The lowest BCUT2D eigenvalue weighted by Gasteiger charge is -2.07. The molecule has 0 amide bonds. The van der Waals surface area contributed by atoms with Crippen molar-refractivity contribution in [2.75, 3.05) is 12.8 Å². The van der Waals surface area contributed by atoms with Crippen LogP contribution in [0.2, 0.25) is 5.02 Å². The van der Waals surface area contributed by atoms with Crippen LogP contribution in [-0.4, -0.2) is 15.5 Å². The van der Waals surface area contributed by atoms with Gasteiger partial charge >= 0.3 is 0 Å². The van der Waals surface area contributed by atoms with E-state index in [4.69, 9.17) is 17.3 Å². The van der Waals surface area contributed by atoms with Crippen molar-refractivity contribution in [2.45, 2.75) is 4.90 Å². The van der Waals surface area contributed by atoms with Crippen LogP contribution < -0.4 is 10.5 Å². The molecule has 6 heteroatoms. The lowest BCUT2D eigenvalue weighted by atomic mass is 10.1. The first-order chi connectivity index (χ1) is 8.94. The highest BCUT2D eigenvalue weighted by molar-refractivity contribution is 7.89. The summed E-state index contributed by atoms with van der Waals surface area (Å²) in [7, 11) is -2.04. The number of nitrogens with two attached hydrogens (primary N) is 1. The third-order valence-electron chi connectivity index (χ3n) is 2.74. The molecular formula is C13H13ClN2O2S. The second-order valence-electron chi connectivity index (χ2n) is 3.97. The SMILES string of the molecule is CNS(=O)(=O)c1ccc(-c2ccc(N)cc2Cl)cc1. The molecular weight excluding hydrogens is 284 g/mol. The van der Waals surface area contributed by atoms with Crippen LogP contribution in [-0.2, 0) is 10.0 Å². The summed E-state index contributed by atoms with van der Waals surface area (Å²) in [6.45, 7) is 0. The summed E-state index contributed by atoms with van der Waals surface area (Å²) in [6.07, 6.45) is 0. The average molecular weight is 297 g/mol. The average Bonchev–Trinajstić information content (AvgIpc) is 2.39. The predicted octanol–water partition coefficient (Wildman–Crippen LogP) is 2.50. The molecule has 0 atom stereocenters. The van der Waals surface area contributed by atoms with Crippen molar-refractivity contribution in [3.05, 3.63) is 47.5 Å². The molecule has 0 saturated heterocycles. The lowest BCUT2D eigenvalue weighted by molar-refractivity contribution is 0.588. The van der Waals surface area contributed by atoms with Crippen LogP contribution in [0.3, 0.4) is 0 Å². The van der Waals surface area contributed by atoms with Crippen molar-refractivity contribution in [1.82, 2.24) is 4.72 Å². The summed E-state index contributed by atoms with van der Waals surface area (Å²) in [4.78, 5) is 0.213. The van der Waals surface area contributed by atoms with Gasteiger partial charge in [-0.2, -0.15) is 0 Å². The van der Waals surface area contributed by atoms with E-state index in [-0.39, 0.29) is 4.90 Å². The van der Waals surface area contributed by atoms with E-state index in [9.17, 15) is 8.42 Å². The fraction of sp³-hybridized carbons (Fsp3) is 0.0769. The predicted molar refractivity (Wildman–Crippen MR) is 77.5 cm³/mol. The van der Waals surface area contributed by atoms with Gasteiger partial charge in [0.25, 0.3) is 0 Å². The highest BCUT2D eigenvalue weighted by Gasteiger charge is 2.11. The minimum absolute atomic E-state index is 0.213. The van der Waals surface area contributed by atoms with Gasteiger partial charge in [0.1, 0.15) is 0 Å². The van der Waals surface area contributed by atoms with E-state index < -0.39 is 10.0 Å². The molecule has 0 aliphatic heterocycles. The summed E-state index contributed by atoms with van der Waals surface area (Å²) in [5.74, 6) is 0. The van der Waals surface area contributed by atoms with Crippen molar-refractivity contribution in [3.8, 4) is 11.1 Å². The van der Waals surface area contributed by atoms with E-state index in [1.54, 1.807) is 30.3 Å². The number of hydrogen-bond acceptors (Lipinski definition) is 3. The van der Waals surface area contributed by atoms with Crippen LogP contribution in [0.25, 0.3) is 11.1 Å². The zero-order chi connectivity index (χ0) is 14.0. The van der Waals surface area contributed by atoms with Crippen LogP contribution in [0.15, 0.2) is 47.4 Å². The van der Waals surface area contributed by atoms with Crippen LogP contribution in [0.1, 0.15) is 0 Å². The van der Waals surface area contributed by atoms with Gasteiger partial charge in [0.05, 0.1) is 9.92 Å². The molecule has 0 heterocycles. The van der Waals surface area contributed by atoms with E-state index in [1.165, 1.54) is 19.2 Å². The highest BCUT2D eigenvalue weighted by Crippen LogP contribution is 2.30. The molecule has 100 valence electrons. The first kappa shape index (κ1) is 13.9. The third kappa shape index (κ3) is 2.89. The molecule has 4 nitrogen and oxygen atoms in total. The van der Waals surface area contributed by atoms with Crippen LogP contribution in [0, 0.1) is 0 Å². The van der Waals surface area contributed by atoms with Gasteiger partial charge in [-0.3, -0.25) is 0 Å². The minimum Gasteiger partial charge on any atom is -0.399 e. The van der Waals surface area contributed by atoms with Crippen molar-refractivity contribution in [3.63, 3.8) is 0 Å². The van der Waals surface area contributed by atoms with Gasteiger partial charge in [0.15, 0.2) is 0 Å². The molecule has 19 heavy (non-hydrogen) atoms. The maximum absolute atomic E-state index is 11.6. The quantitative estimate of drug-likeness (QED) is 0.855. The molecule has 0 aliphatic carbocycles. The number of benzene rings is 2. The Morgan fingerprint density at radius 3 is 2.26 bits per heavy atom. The lowest BCUT2D eigenvalue weighted by Crippen LogP contribution is -2.18. The molecule has 0 aromatic heterocycles. The second-order valence-corrected chi connectivity index (χ2v) is 6.26. The van der Waals surface area contributed by atoms with Crippen molar-refractivity contribution in [1.29, 1.82) is 0 Å². The van der Waals surface area contributed by atoms with Gasteiger partial charge < -0.3 is 5.73 Å². The van der Waals surface area contributed by atoms with Gasteiger partial charge in [-0.05, 0) is 36.9 Å². The van der Waals surface area contributed by atoms with Crippen molar-refractivity contribution < 1.29 is 8.42 Å². The molecule has 0 radical (unpaired) electrons. The fourth-order valence-electron chi connectivity index (χ4n) is 1.70. The molecule has 0 spiro atoms. The Balaban J connectivity index is 2.43. The second kappa shape index (κ2) is 5.21. The highest BCUT2D eigenvalue weighted by atomic mass is 35.5. The summed E-state index contributed by atoms with van der Waals surface area (Å²) in [6, 6.07) is 11.7. The summed E-state index contributed by atoms with van der Waals surface area (Å²) >= 11 is 6.11. The first-order valence-corrected chi connectivity index (χ1v) is 7.39. The summed E-state index contributed by atoms with van der Waals surface area (Å²) in [5.41, 5.74) is 7.86. The van der Waals surface area contributed by atoms with Crippen LogP contribution in [0.5, 0.6) is 0 Å². The van der Waals surface area contributed by atoms with E-state index in [2.05, 4.69) is 4.72 Å². The zero-order valence-electron chi connectivity index (χ0n) is 10.2. The monoisotopic (exact) mass is 296 g/mol. The molecule has 3 N–H and O–H groups in total. The van der Waals surface area contributed by atoms with E-state index in [0.29, 0.717) is 10.7 Å². The van der Waals surface area contributed by atoms with Gasteiger partial charge in [0, 0.05) is 11.3 Å². The number of halogens is 1. The van der Waals surface area contributed by atoms with E-state index in [0.717, 1.165) is 11.1 Å².